The Morgan fingerprint density at radius 2 is 1.71 bits per heavy atom. The summed E-state index contributed by atoms with van der Waals surface area (Å²) in [7, 11) is 0. The van der Waals surface area contributed by atoms with E-state index in [0.717, 1.165) is 25.7 Å². The third-order valence-electron chi connectivity index (χ3n) is 3.14. The van der Waals surface area contributed by atoms with Crippen LogP contribution in [0.4, 0.5) is 0 Å². The van der Waals surface area contributed by atoms with Gasteiger partial charge in [-0.3, -0.25) is 4.79 Å². The second-order valence-electron chi connectivity index (χ2n) is 5.77. The van der Waals surface area contributed by atoms with Crippen LogP contribution < -0.4 is 5.32 Å². The van der Waals surface area contributed by atoms with E-state index in [9.17, 15) is 9.59 Å². The SMILES string of the molecule is CCCCCNC(=O)C(C)OC(=O)C(C)OCCC(C)C. The van der Waals surface area contributed by atoms with Crippen molar-refractivity contribution >= 4 is 11.9 Å². The van der Waals surface area contributed by atoms with Crippen molar-refractivity contribution < 1.29 is 19.1 Å². The largest absolute Gasteiger partial charge is 0.451 e. The summed E-state index contributed by atoms with van der Waals surface area (Å²) in [6, 6.07) is 0. The highest BCUT2D eigenvalue weighted by Crippen LogP contribution is 2.04. The standard InChI is InChI=1S/C16H31NO4/c1-6-7-8-10-17-15(18)13(4)21-16(19)14(5)20-11-9-12(2)3/h12-14H,6-11H2,1-5H3,(H,17,18). The van der Waals surface area contributed by atoms with Gasteiger partial charge in [0.05, 0.1) is 0 Å². The number of hydrogen-bond acceptors (Lipinski definition) is 4. The van der Waals surface area contributed by atoms with Gasteiger partial charge < -0.3 is 14.8 Å². The number of carbonyl (C=O) groups is 2. The van der Waals surface area contributed by atoms with Gasteiger partial charge in [-0.25, -0.2) is 4.79 Å². The van der Waals surface area contributed by atoms with E-state index in [1.807, 2.05) is 0 Å². The number of carbonyl (C=O) groups excluding carboxylic acids is 2. The van der Waals surface area contributed by atoms with Crippen LogP contribution in [0.15, 0.2) is 0 Å². The minimum Gasteiger partial charge on any atom is -0.451 e. The average molecular weight is 301 g/mol. The monoisotopic (exact) mass is 301 g/mol. The maximum atomic E-state index is 11.8. The van der Waals surface area contributed by atoms with Crippen molar-refractivity contribution in [2.24, 2.45) is 5.92 Å². The highest BCUT2D eigenvalue weighted by molar-refractivity contribution is 5.84. The smallest absolute Gasteiger partial charge is 0.335 e. The van der Waals surface area contributed by atoms with E-state index in [-0.39, 0.29) is 5.91 Å². The molecular weight excluding hydrogens is 270 g/mol. The highest BCUT2D eigenvalue weighted by atomic mass is 16.6. The maximum Gasteiger partial charge on any atom is 0.335 e. The Balaban J connectivity index is 3.92. The fourth-order valence-corrected chi connectivity index (χ4v) is 1.60. The lowest BCUT2D eigenvalue weighted by Crippen LogP contribution is -2.38. The number of nitrogens with one attached hydrogen (secondary N) is 1. The number of esters is 1. The average Bonchev–Trinajstić information content (AvgIpc) is 2.42. The molecule has 2 atom stereocenters. The molecule has 0 saturated heterocycles. The zero-order valence-electron chi connectivity index (χ0n) is 14.1. The molecule has 0 saturated carbocycles. The molecule has 0 heterocycles. The minimum absolute atomic E-state index is 0.256. The molecule has 0 rings (SSSR count). The van der Waals surface area contributed by atoms with Crippen molar-refractivity contribution in [2.45, 2.75) is 72.5 Å². The predicted octanol–water partition coefficient (Wildman–Crippen LogP) is 2.68. The lowest BCUT2D eigenvalue weighted by molar-refractivity contribution is -0.165. The fraction of sp³-hybridized carbons (Fsp3) is 0.875. The van der Waals surface area contributed by atoms with E-state index >= 15 is 0 Å². The molecule has 0 fully saturated rings. The number of unbranched alkanes of at least 4 members (excludes halogenated alkanes) is 2. The van der Waals surface area contributed by atoms with E-state index in [2.05, 4.69) is 26.1 Å². The Morgan fingerprint density at radius 1 is 1.05 bits per heavy atom. The van der Waals surface area contributed by atoms with Gasteiger partial charge in [-0.2, -0.15) is 0 Å². The van der Waals surface area contributed by atoms with Gasteiger partial charge in [0.25, 0.3) is 5.91 Å². The van der Waals surface area contributed by atoms with Crippen LogP contribution in [0.2, 0.25) is 0 Å². The summed E-state index contributed by atoms with van der Waals surface area (Å²) < 4.78 is 10.5. The van der Waals surface area contributed by atoms with Gasteiger partial charge in [0.15, 0.2) is 12.2 Å². The minimum atomic E-state index is -0.782. The Bertz CT molecular complexity index is 305. The van der Waals surface area contributed by atoms with Crippen molar-refractivity contribution in [3.05, 3.63) is 0 Å². The third kappa shape index (κ3) is 10.3. The highest BCUT2D eigenvalue weighted by Gasteiger charge is 2.22. The first kappa shape index (κ1) is 19.9. The molecular formula is C16H31NO4. The molecule has 1 amide bonds. The lowest BCUT2D eigenvalue weighted by atomic mass is 10.1. The molecule has 0 aliphatic heterocycles. The molecule has 0 aromatic rings. The molecule has 21 heavy (non-hydrogen) atoms. The van der Waals surface area contributed by atoms with Gasteiger partial charge in [0, 0.05) is 13.2 Å². The first-order valence-corrected chi connectivity index (χ1v) is 7.98. The van der Waals surface area contributed by atoms with Gasteiger partial charge in [-0.05, 0) is 32.6 Å². The van der Waals surface area contributed by atoms with Crippen LogP contribution in [0.1, 0.15) is 60.3 Å². The molecule has 5 nitrogen and oxygen atoms in total. The van der Waals surface area contributed by atoms with Crippen LogP contribution >= 0.6 is 0 Å². The second kappa shape index (κ2) is 11.5. The second-order valence-corrected chi connectivity index (χ2v) is 5.77. The molecule has 1 N–H and O–H groups in total. The normalized spacial score (nSPS) is 13.8. The van der Waals surface area contributed by atoms with Crippen LogP contribution in [0.5, 0.6) is 0 Å². The number of hydrogen-bond donors (Lipinski definition) is 1. The Hall–Kier alpha value is -1.10. The van der Waals surface area contributed by atoms with Crippen molar-refractivity contribution in [3.8, 4) is 0 Å². The Morgan fingerprint density at radius 3 is 2.29 bits per heavy atom. The summed E-state index contributed by atoms with van der Waals surface area (Å²) in [6.07, 6.45) is 2.60. The molecule has 0 aliphatic carbocycles. The van der Waals surface area contributed by atoms with Crippen LogP contribution in [0.3, 0.4) is 0 Å². The van der Waals surface area contributed by atoms with E-state index in [0.29, 0.717) is 19.1 Å². The lowest BCUT2D eigenvalue weighted by Gasteiger charge is -2.17. The van der Waals surface area contributed by atoms with Crippen molar-refractivity contribution in [3.63, 3.8) is 0 Å². The summed E-state index contributed by atoms with van der Waals surface area (Å²) in [5.74, 6) is -0.218. The molecule has 0 radical (unpaired) electrons. The molecule has 0 bridgehead atoms. The van der Waals surface area contributed by atoms with Gasteiger partial charge in [-0.15, -0.1) is 0 Å². The zero-order chi connectivity index (χ0) is 16.3. The molecule has 0 aromatic carbocycles. The van der Waals surface area contributed by atoms with Crippen LogP contribution in [-0.2, 0) is 19.1 Å². The van der Waals surface area contributed by atoms with Crippen LogP contribution in [0, 0.1) is 5.92 Å². The van der Waals surface area contributed by atoms with Gasteiger partial charge in [0.1, 0.15) is 0 Å². The van der Waals surface area contributed by atoms with Gasteiger partial charge in [-0.1, -0.05) is 33.6 Å². The summed E-state index contributed by atoms with van der Waals surface area (Å²) in [6.45, 7) is 10.7. The van der Waals surface area contributed by atoms with E-state index in [1.165, 1.54) is 0 Å². The molecule has 5 heteroatoms. The molecule has 0 aliphatic rings. The maximum absolute atomic E-state index is 11.8. The summed E-state index contributed by atoms with van der Waals surface area (Å²) in [5.41, 5.74) is 0. The van der Waals surface area contributed by atoms with Crippen LogP contribution in [0.25, 0.3) is 0 Å². The van der Waals surface area contributed by atoms with Gasteiger partial charge in [0.2, 0.25) is 0 Å². The van der Waals surface area contributed by atoms with E-state index in [4.69, 9.17) is 9.47 Å². The predicted molar refractivity (Wildman–Crippen MR) is 83.0 cm³/mol. The summed E-state index contributed by atoms with van der Waals surface area (Å²) >= 11 is 0. The molecule has 124 valence electrons. The number of rotatable bonds is 11. The van der Waals surface area contributed by atoms with Crippen LogP contribution in [-0.4, -0.2) is 37.2 Å². The summed E-state index contributed by atoms with van der Waals surface area (Å²) in [4.78, 5) is 23.5. The fourth-order valence-electron chi connectivity index (χ4n) is 1.60. The molecule has 2 unspecified atom stereocenters. The Labute approximate surface area is 128 Å². The van der Waals surface area contributed by atoms with E-state index < -0.39 is 18.2 Å². The first-order chi connectivity index (χ1) is 9.88. The van der Waals surface area contributed by atoms with Gasteiger partial charge >= 0.3 is 5.97 Å². The van der Waals surface area contributed by atoms with E-state index in [1.54, 1.807) is 13.8 Å². The Kier molecular flexibility index (Phi) is 10.9. The quantitative estimate of drug-likeness (QED) is 0.471. The zero-order valence-corrected chi connectivity index (χ0v) is 14.1. The molecule has 0 spiro atoms. The van der Waals surface area contributed by atoms with Crippen molar-refractivity contribution in [1.29, 1.82) is 0 Å². The van der Waals surface area contributed by atoms with Crippen molar-refractivity contribution in [2.75, 3.05) is 13.2 Å². The summed E-state index contributed by atoms with van der Waals surface area (Å²) in [5, 5.41) is 2.76. The third-order valence-corrected chi connectivity index (χ3v) is 3.14. The first-order valence-electron chi connectivity index (χ1n) is 7.98. The molecule has 0 aromatic heterocycles. The van der Waals surface area contributed by atoms with Crippen molar-refractivity contribution in [1.82, 2.24) is 5.32 Å². The number of amides is 1. The number of ether oxygens (including phenoxy) is 2. The topological polar surface area (TPSA) is 64.6 Å².